The molecule has 5 aliphatic heterocycles. The normalized spacial score (nSPS) is 28.5. The molecule has 5 aliphatic rings. The van der Waals surface area contributed by atoms with Crippen molar-refractivity contribution in [2.75, 3.05) is 51.1 Å². The standard InChI is InChI=1S/C46H79N7O8/c1-16-19-20-51(33-23-39(4,5)50-40(6,7)24-33)36-47-37(54-25-34-27-56-45(60-34)29-41(8,9)52(58-21-17-2)42(10,11)30-45)49-38(48-36)55-26-35-28-57-46(61-35)31-43(12,13)53(59-22-18-3)44(14,15)32-46/h17-18,33-35,50H,2-3,16,19-32H2,1,4-15H3. The molecule has 5 fully saturated rings. The lowest BCUT2D eigenvalue weighted by Gasteiger charge is -2.56. The number of unbranched alkanes of at least 4 members (excludes halogenated alkanes) is 1. The van der Waals surface area contributed by atoms with E-state index in [1.807, 2.05) is 0 Å². The number of piperidine rings is 3. The summed E-state index contributed by atoms with van der Waals surface area (Å²) in [5.74, 6) is -1.02. The first-order valence-corrected chi connectivity index (χ1v) is 22.7. The molecule has 61 heavy (non-hydrogen) atoms. The molecule has 15 nitrogen and oxygen atoms in total. The smallest absolute Gasteiger partial charge is 0.324 e. The molecular formula is C46H79N7O8. The zero-order valence-corrected chi connectivity index (χ0v) is 39.9. The molecule has 0 bridgehead atoms. The van der Waals surface area contributed by atoms with Crippen LogP contribution in [0.2, 0.25) is 0 Å². The van der Waals surface area contributed by atoms with Gasteiger partial charge in [-0.1, -0.05) is 25.5 Å². The van der Waals surface area contributed by atoms with Gasteiger partial charge in [-0.05, 0) is 102 Å². The molecule has 2 atom stereocenters. The quantitative estimate of drug-likeness (QED) is 0.157. The first kappa shape index (κ1) is 48.0. The van der Waals surface area contributed by atoms with E-state index in [1.165, 1.54) is 0 Å². The predicted octanol–water partition coefficient (Wildman–Crippen LogP) is 7.31. The summed E-state index contributed by atoms with van der Waals surface area (Å²) in [6.45, 7) is 39.0. The Hall–Kier alpha value is -2.47. The van der Waals surface area contributed by atoms with Crippen molar-refractivity contribution in [2.45, 2.75) is 204 Å². The van der Waals surface area contributed by atoms with Gasteiger partial charge in [0.05, 0.1) is 26.4 Å². The number of rotatable bonds is 17. The van der Waals surface area contributed by atoms with Gasteiger partial charge in [0.25, 0.3) is 0 Å². The largest absolute Gasteiger partial charge is 0.460 e. The van der Waals surface area contributed by atoms with Gasteiger partial charge in [0, 0.05) is 71.5 Å². The van der Waals surface area contributed by atoms with Gasteiger partial charge in [-0.2, -0.15) is 20.1 Å². The van der Waals surface area contributed by atoms with E-state index in [0.717, 1.165) is 32.2 Å². The summed E-state index contributed by atoms with van der Waals surface area (Å²) in [5.41, 5.74) is -1.58. The summed E-state index contributed by atoms with van der Waals surface area (Å²) in [7, 11) is 0. The van der Waals surface area contributed by atoms with Gasteiger partial charge in [-0.15, -0.1) is 18.1 Å². The molecule has 2 unspecified atom stereocenters. The molecule has 0 aromatic carbocycles. The van der Waals surface area contributed by atoms with Crippen LogP contribution in [0.25, 0.3) is 0 Å². The van der Waals surface area contributed by atoms with Crippen molar-refractivity contribution in [2.24, 2.45) is 0 Å². The van der Waals surface area contributed by atoms with Crippen LogP contribution in [0.4, 0.5) is 5.95 Å². The summed E-state index contributed by atoms with van der Waals surface area (Å²) >= 11 is 0. The molecule has 0 amide bonds. The van der Waals surface area contributed by atoms with Gasteiger partial charge in [-0.25, -0.2) is 0 Å². The molecule has 2 spiro atoms. The number of hydrogen-bond acceptors (Lipinski definition) is 15. The van der Waals surface area contributed by atoms with Crippen LogP contribution < -0.4 is 19.7 Å². The van der Waals surface area contributed by atoms with Crippen LogP contribution in [0.5, 0.6) is 12.0 Å². The number of aromatic nitrogens is 3. The van der Waals surface area contributed by atoms with Gasteiger partial charge in [0.2, 0.25) is 5.95 Å². The van der Waals surface area contributed by atoms with Gasteiger partial charge in [0.15, 0.2) is 11.6 Å². The molecule has 5 saturated heterocycles. The van der Waals surface area contributed by atoms with E-state index < -0.39 is 11.6 Å². The summed E-state index contributed by atoms with van der Waals surface area (Å²) in [5, 5.41) is 7.97. The number of nitrogens with one attached hydrogen (secondary N) is 1. The third-order valence-electron chi connectivity index (χ3n) is 12.5. The Morgan fingerprint density at radius 2 is 1.08 bits per heavy atom. The molecule has 346 valence electrons. The Morgan fingerprint density at radius 1 is 0.672 bits per heavy atom. The number of hydroxylamine groups is 4. The van der Waals surface area contributed by atoms with E-state index in [-0.39, 0.29) is 76.7 Å². The van der Waals surface area contributed by atoms with Crippen LogP contribution in [-0.2, 0) is 28.6 Å². The van der Waals surface area contributed by atoms with Crippen molar-refractivity contribution < 1.29 is 38.1 Å². The highest BCUT2D eigenvalue weighted by atomic mass is 16.8. The second-order valence-corrected chi connectivity index (χ2v) is 22.0. The van der Waals surface area contributed by atoms with E-state index in [0.29, 0.717) is 58.1 Å². The lowest BCUT2D eigenvalue weighted by Crippen LogP contribution is -2.65. The number of ether oxygens (including phenoxy) is 6. The van der Waals surface area contributed by atoms with E-state index >= 15 is 0 Å². The molecule has 0 aliphatic carbocycles. The predicted molar refractivity (Wildman–Crippen MR) is 235 cm³/mol. The SMILES string of the molecule is C=CCON1C(C)(C)CC2(CC1(C)C)OCC(COc1nc(OCC3COC4(CC(C)(C)N(OCC=C)C(C)(C)C4)O3)nc(N(CCCC)C3CC(C)(C)NC(C)(C)C3)n1)O2. The highest BCUT2D eigenvalue weighted by Crippen LogP contribution is 2.50. The molecule has 15 heteroatoms. The molecular weight excluding hydrogens is 779 g/mol. The van der Waals surface area contributed by atoms with Crippen LogP contribution in [0.1, 0.15) is 141 Å². The maximum absolute atomic E-state index is 6.75. The zero-order chi connectivity index (χ0) is 44.7. The maximum Gasteiger partial charge on any atom is 0.324 e. The molecule has 1 N–H and O–H groups in total. The van der Waals surface area contributed by atoms with Crippen LogP contribution in [0.3, 0.4) is 0 Å². The second kappa shape index (κ2) is 17.8. The minimum Gasteiger partial charge on any atom is -0.460 e. The molecule has 6 rings (SSSR count). The highest BCUT2D eigenvalue weighted by Gasteiger charge is 2.59. The molecule has 0 saturated carbocycles. The average Bonchev–Trinajstić information content (AvgIpc) is 3.68. The molecule has 0 radical (unpaired) electrons. The Kier molecular flexibility index (Phi) is 14.0. The van der Waals surface area contributed by atoms with Crippen molar-refractivity contribution in [3.05, 3.63) is 25.3 Å². The number of hydrogen-bond donors (Lipinski definition) is 1. The van der Waals surface area contributed by atoms with Crippen LogP contribution >= 0.6 is 0 Å². The minimum absolute atomic E-state index is 0.0811. The Morgan fingerprint density at radius 3 is 1.46 bits per heavy atom. The third-order valence-corrected chi connectivity index (χ3v) is 12.5. The zero-order valence-electron chi connectivity index (χ0n) is 39.9. The Bertz CT molecular complexity index is 1540. The van der Waals surface area contributed by atoms with E-state index in [2.05, 4.69) is 124 Å². The fraction of sp³-hybridized carbons (Fsp3) is 0.848. The van der Waals surface area contributed by atoms with Crippen molar-refractivity contribution in [1.29, 1.82) is 0 Å². The number of anilines is 1. The molecule has 1 aromatic rings. The fourth-order valence-electron chi connectivity index (χ4n) is 11.6. The topological polar surface area (TPSA) is 134 Å². The van der Waals surface area contributed by atoms with Gasteiger partial charge < -0.3 is 38.6 Å². The third kappa shape index (κ3) is 11.3. The molecule has 1 aromatic heterocycles. The van der Waals surface area contributed by atoms with Crippen molar-refractivity contribution in [1.82, 2.24) is 30.4 Å². The number of nitrogens with zero attached hydrogens (tertiary/aromatic N) is 6. The monoisotopic (exact) mass is 858 g/mol. The first-order chi connectivity index (χ1) is 28.4. The molecule has 6 heterocycles. The van der Waals surface area contributed by atoms with E-state index in [9.17, 15) is 0 Å². The van der Waals surface area contributed by atoms with Gasteiger partial charge in [-0.3, -0.25) is 9.68 Å². The first-order valence-electron chi connectivity index (χ1n) is 22.7. The maximum atomic E-state index is 6.75. The summed E-state index contributed by atoms with van der Waals surface area (Å²) < 4.78 is 39.4. The highest BCUT2D eigenvalue weighted by molar-refractivity contribution is 5.35. The Balaban J connectivity index is 1.21. The van der Waals surface area contributed by atoms with Gasteiger partial charge >= 0.3 is 12.0 Å². The Labute approximate surface area is 366 Å². The fourth-order valence-corrected chi connectivity index (χ4v) is 11.6. The van der Waals surface area contributed by atoms with Crippen LogP contribution in [0, 0.1) is 0 Å². The van der Waals surface area contributed by atoms with Crippen molar-refractivity contribution in [3.63, 3.8) is 0 Å². The lowest BCUT2D eigenvalue weighted by atomic mass is 9.78. The summed E-state index contributed by atoms with van der Waals surface area (Å²) in [6.07, 6.45) is 9.26. The van der Waals surface area contributed by atoms with Crippen molar-refractivity contribution >= 4 is 5.95 Å². The minimum atomic E-state index is -0.778. The summed E-state index contributed by atoms with van der Waals surface area (Å²) in [6, 6.07) is 0.546. The second-order valence-electron chi connectivity index (χ2n) is 22.0. The lowest BCUT2D eigenvalue weighted by molar-refractivity contribution is -0.334. The van der Waals surface area contributed by atoms with Crippen LogP contribution in [-0.4, -0.2) is 134 Å². The van der Waals surface area contributed by atoms with E-state index in [1.54, 1.807) is 12.2 Å². The van der Waals surface area contributed by atoms with Gasteiger partial charge in [0.1, 0.15) is 25.4 Å². The summed E-state index contributed by atoms with van der Waals surface area (Å²) in [4.78, 5) is 29.4. The van der Waals surface area contributed by atoms with Crippen LogP contribution in [0.15, 0.2) is 25.3 Å². The van der Waals surface area contributed by atoms with E-state index in [4.69, 9.17) is 53.0 Å². The average molecular weight is 858 g/mol. The van der Waals surface area contributed by atoms with Crippen molar-refractivity contribution in [3.8, 4) is 12.0 Å².